The van der Waals surface area contributed by atoms with Crippen molar-refractivity contribution in [3.8, 4) is 0 Å². The van der Waals surface area contributed by atoms with Gasteiger partial charge in [-0.15, -0.1) is 0 Å². The van der Waals surface area contributed by atoms with Gasteiger partial charge in [0.25, 0.3) is 0 Å². The number of rotatable bonds is 2. The number of piperidine rings is 1. The highest BCUT2D eigenvalue weighted by molar-refractivity contribution is 5.82. The number of carbonyl (C=O) groups is 1. The van der Waals surface area contributed by atoms with Crippen molar-refractivity contribution in [3.05, 3.63) is 35.9 Å². The lowest BCUT2D eigenvalue weighted by atomic mass is 9.98. The largest absolute Gasteiger partial charge is 0.341 e. The number of likely N-dealkylation sites (tertiary alicyclic amines) is 1. The summed E-state index contributed by atoms with van der Waals surface area (Å²) >= 11 is 0. The second-order valence-corrected chi connectivity index (χ2v) is 6.23. The minimum Gasteiger partial charge on any atom is -0.341 e. The highest BCUT2D eigenvalue weighted by Crippen LogP contribution is 2.28. The van der Waals surface area contributed by atoms with E-state index in [2.05, 4.69) is 47.5 Å². The van der Waals surface area contributed by atoms with Gasteiger partial charge in [0.15, 0.2) is 0 Å². The third-order valence-corrected chi connectivity index (χ3v) is 4.68. The quantitative estimate of drug-likeness (QED) is 0.897. The predicted molar refractivity (Wildman–Crippen MR) is 80.6 cm³/mol. The molecule has 108 valence electrons. The molecule has 3 unspecified atom stereocenters. The zero-order valence-electron chi connectivity index (χ0n) is 12.2. The second kappa shape index (κ2) is 5.96. The van der Waals surface area contributed by atoms with Crippen LogP contribution < -0.4 is 5.32 Å². The Morgan fingerprint density at radius 3 is 2.75 bits per heavy atom. The summed E-state index contributed by atoms with van der Waals surface area (Å²) in [6.45, 7) is 3.97. The maximum Gasteiger partial charge on any atom is 0.239 e. The van der Waals surface area contributed by atoms with Crippen LogP contribution in [0, 0.1) is 0 Å². The van der Waals surface area contributed by atoms with Crippen LogP contribution in [0.25, 0.3) is 0 Å². The molecule has 0 bridgehead atoms. The van der Waals surface area contributed by atoms with Gasteiger partial charge in [-0.05, 0) is 38.2 Å². The summed E-state index contributed by atoms with van der Waals surface area (Å²) in [5.74, 6) is 0.830. The Balaban J connectivity index is 1.61. The minimum atomic E-state index is 0.0493. The Hall–Kier alpha value is -1.35. The summed E-state index contributed by atoms with van der Waals surface area (Å²) in [4.78, 5) is 14.6. The smallest absolute Gasteiger partial charge is 0.239 e. The van der Waals surface area contributed by atoms with E-state index in [0.717, 1.165) is 25.9 Å². The minimum absolute atomic E-state index is 0.0493. The van der Waals surface area contributed by atoms with Crippen molar-refractivity contribution in [1.29, 1.82) is 0 Å². The normalized spacial score (nSPS) is 30.4. The van der Waals surface area contributed by atoms with Gasteiger partial charge in [-0.2, -0.15) is 0 Å². The van der Waals surface area contributed by atoms with Gasteiger partial charge in [-0.3, -0.25) is 4.79 Å². The third kappa shape index (κ3) is 2.88. The molecule has 3 rings (SSSR count). The van der Waals surface area contributed by atoms with Crippen molar-refractivity contribution in [3.63, 3.8) is 0 Å². The van der Waals surface area contributed by atoms with Gasteiger partial charge in [0, 0.05) is 25.0 Å². The molecule has 0 radical (unpaired) electrons. The molecule has 2 heterocycles. The summed E-state index contributed by atoms with van der Waals surface area (Å²) in [6, 6.07) is 11.1. The van der Waals surface area contributed by atoms with Crippen LogP contribution in [-0.2, 0) is 4.79 Å². The standard InChI is InChI=1S/C17H24N2O/c1-13-6-5-9-16(18-13)17(20)19-11-10-15(12-19)14-7-3-2-4-8-14/h2-4,7-8,13,15-16,18H,5-6,9-12H2,1H3. The topological polar surface area (TPSA) is 32.3 Å². The van der Waals surface area contributed by atoms with Crippen LogP contribution >= 0.6 is 0 Å². The predicted octanol–water partition coefficient (Wildman–Crippen LogP) is 2.53. The molecule has 1 N–H and O–H groups in total. The van der Waals surface area contributed by atoms with E-state index in [9.17, 15) is 4.79 Å². The molecule has 0 saturated carbocycles. The van der Waals surface area contributed by atoms with Gasteiger partial charge in [0.05, 0.1) is 6.04 Å². The summed E-state index contributed by atoms with van der Waals surface area (Å²) in [5.41, 5.74) is 1.37. The Morgan fingerprint density at radius 1 is 1.20 bits per heavy atom. The maximum absolute atomic E-state index is 12.6. The lowest BCUT2D eigenvalue weighted by Gasteiger charge is -2.31. The Kier molecular flexibility index (Phi) is 4.06. The number of nitrogens with zero attached hydrogens (tertiary/aromatic N) is 1. The van der Waals surface area contributed by atoms with E-state index in [-0.39, 0.29) is 6.04 Å². The van der Waals surface area contributed by atoms with Gasteiger partial charge >= 0.3 is 0 Å². The molecular formula is C17H24N2O. The maximum atomic E-state index is 12.6. The molecule has 0 aromatic heterocycles. The molecule has 0 aliphatic carbocycles. The first-order valence-corrected chi connectivity index (χ1v) is 7.84. The highest BCUT2D eigenvalue weighted by Gasteiger charge is 2.33. The van der Waals surface area contributed by atoms with Crippen molar-refractivity contribution < 1.29 is 4.79 Å². The van der Waals surface area contributed by atoms with Crippen molar-refractivity contribution in [2.45, 2.75) is 50.6 Å². The van der Waals surface area contributed by atoms with Crippen LogP contribution in [0.4, 0.5) is 0 Å². The van der Waals surface area contributed by atoms with E-state index < -0.39 is 0 Å². The van der Waals surface area contributed by atoms with E-state index in [4.69, 9.17) is 0 Å². The molecule has 2 aliphatic heterocycles. The number of hydrogen-bond acceptors (Lipinski definition) is 2. The SMILES string of the molecule is CC1CCCC(C(=O)N2CCC(c3ccccc3)C2)N1. The van der Waals surface area contributed by atoms with Gasteiger partial charge in [-0.25, -0.2) is 0 Å². The van der Waals surface area contributed by atoms with Gasteiger partial charge < -0.3 is 10.2 Å². The van der Waals surface area contributed by atoms with Crippen LogP contribution in [0.1, 0.15) is 44.1 Å². The zero-order chi connectivity index (χ0) is 13.9. The van der Waals surface area contributed by atoms with E-state index >= 15 is 0 Å². The monoisotopic (exact) mass is 272 g/mol. The van der Waals surface area contributed by atoms with Crippen LogP contribution in [0.15, 0.2) is 30.3 Å². The van der Waals surface area contributed by atoms with Crippen LogP contribution in [0.3, 0.4) is 0 Å². The lowest BCUT2D eigenvalue weighted by molar-refractivity contribution is -0.133. The fourth-order valence-corrected chi connectivity index (χ4v) is 3.51. The molecule has 3 atom stereocenters. The van der Waals surface area contributed by atoms with E-state index in [1.807, 2.05) is 0 Å². The van der Waals surface area contributed by atoms with Crippen LogP contribution in [-0.4, -0.2) is 36.0 Å². The molecule has 1 aromatic rings. The number of carbonyl (C=O) groups excluding carboxylic acids is 1. The van der Waals surface area contributed by atoms with Crippen molar-refractivity contribution in [2.24, 2.45) is 0 Å². The molecule has 2 fully saturated rings. The van der Waals surface area contributed by atoms with Crippen molar-refractivity contribution >= 4 is 5.91 Å². The molecule has 1 amide bonds. The average molecular weight is 272 g/mol. The fraction of sp³-hybridized carbons (Fsp3) is 0.588. The molecular weight excluding hydrogens is 248 g/mol. The first-order chi connectivity index (χ1) is 9.74. The lowest BCUT2D eigenvalue weighted by Crippen LogP contribution is -2.50. The summed E-state index contributed by atoms with van der Waals surface area (Å²) in [5, 5.41) is 3.46. The van der Waals surface area contributed by atoms with Crippen LogP contribution in [0.2, 0.25) is 0 Å². The molecule has 0 spiro atoms. The third-order valence-electron chi connectivity index (χ3n) is 4.68. The molecule has 3 heteroatoms. The summed E-state index contributed by atoms with van der Waals surface area (Å²) in [7, 11) is 0. The summed E-state index contributed by atoms with van der Waals surface area (Å²) < 4.78 is 0. The number of amides is 1. The van der Waals surface area contributed by atoms with Gasteiger partial charge in [0.1, 0.15) is 0 Å². The van der Waals surface area contributed by atoms with Crippen molar-refractivity contribution in [2.75, 3.05) is 13.1 Å². The molecule has 2 saturated heterocycles. The first kappa shape index (κ1) is 13.6. The van der Waals surface area contributed by atoms with E-state index in [0.29, 0.717) is 17.9 Å². The number of benzene rings is 1. The first-order valence-electron chi connectivity index (χ1n) is 7.84. The van der Waals surface area contributed by atoms with Gasteiger partial charge in [-0.1, -0.05) is 30.3 Å². The van der Waals surface area contributed by atoms with Crippen LogP contribution in [0.5, 0.6) is 0 Å². The summed E-state index contributed by atoms with van der Waals surface area (Å²) in [6.07, 6.45) is 4.45. The fourth-order valence-electron chi connectivity index (χ4n) is 3.51. The van der Waals surface area contributed by atoms with Crippen molar-refractivity contribution in [1.82, 2.24) is 10.2 Å². The molecule has 20 heavy (non-hydrogen) atoms. The average Bonchev–Trinajstić information content (AvgIpc) is 2.97. The van der Waals surface area contributed by atoms with E-state index in [1.165, 1.54) is 18.4 Å². The number of nitrogens with one attached hydrogen (secondary N) is 1. The molecule has 2 aliphatic rings. The molecule has 3 nitrogen and oxygen atoms in total. The van der Waals surface area contributed by atoms with E-state index in [1.54, 1.807) is 0 Å². The van der Waals surface area contributed by atoms with Gasteiger partial charge in [0.2, 0.25) is 5.91 Å². The number of hydrogen-bond donors (Lipinski definition) is 1. The Morgan fingerprint density at radius 2 is 2.00 bits per heavy atom. The second-order valence-electron chi connectivity index (χ2n) is 6.23. The highest BCUT2D eigenvalue weighted by atomic mass is 16.2. The Labute approximate surface area is 121 Å². The zero-order valence-corrected chi connectivity index (χ0v) is 12.2. The Bertz CT molecular complexity index is 459. The molecule has 1 aromatic carbocycles.